The summed E-state index contributed by atoms with van der Waals surface area (Å²) in [6.45, 7) is 1.95. The van der Waals surface area contributed by atoms with Gasteiger partial charge in [-0.3, -0.25) is 4.79 Å². The molecule has 0 unspecified atom stereocenters. The number of aryl methyl sites for hydroxylation is 2. The van der Waals surface area contributed by atoms with Crippen molar-refractivity contribution in [2.75, 3.05) is 6.54 Å². The van der Waals surface area contributed by atoms with Crippen LogP contribution in [0.3, 0.4) is 0 Å². The topological polar surface area (TPSA) is 110 Å². The predicted octanol–water partition coefficient (Wildman–Crippen LogP) is 0.189. The molecule has 0 aromatic carbocycles. The zero-order valence-corrected chi connectivity index (χ0v) is 11.7. The van der Waals surface area contributed by atoms with E-state index in [4.69, 9.17) is 5.11 Å². The number of rotatable bonds is 5. The Bertz CT molecular complexity index is 680. The summed E-state index contributed by atoms with van der Waals surface area (Å²) >= 11 is 0. The normalized spacial score (nSPS) is 10.4. The molecule has 110 valence electrons. The number of hydrogen-bond donors (Lipinski definition) is 2. The summed E-state index contributed by atoms with van der Waals surface area (Å²) in [6.07, 6.45) is 2.14. The molecule has 2 aromatic heterocycles. The van der Waals surface area contributed by atoms with E-state index in [1.165, 1.54) is 12.1 Å². The summed E-state index contributed by atoms with van der Waals surface area (Å²) in [5, 5.41) is 19.3. The molecule has 0 atom stereocenters. The second-order valence-electron chi connectivity index (χ2n) is 4.50. The first-order valence-electron chi connectivity index (χ1n) is 6.31. The number of carboxylic acids is 1. The van der Waals surface area contributed by atoms with Crippen LogP contribution in [-0.2, 0) is 13.5 Å². The first-order valence-corrected chi connectivity index (χ1v) is 6.31. The monoisotopic (exact) mass is 289 g/mol. The van der Waals surface area contributed by atoms with E-state index < -0.39 is 5.97 Å². The van der Waals surface area contributed by atoms with E-state index in [2.05, 4.69) is 20.5 Å². The van der Waals surface area contributed by atoms with Crippen molar-refractivity contribution >= 4 is 11.9 Å². The molecule has 2 heterocycles. The van der Waals surface area contributed by atoms with Gasteiger partial charge in [-0.15, -0.1) is 10.2 Å². The third-order valence-electron chi connectivity index (χ3n) is 2.99. The van der Waals surface area contributed by atoms with Gasteiger partial charge >= 0.3 is 5.97 Å². The summed E-state index contributed by atoms with van der Waals surface area (Å²) in [4.78, 5) is 26.8. The molecule has 0 aliphatic rings. The van der Waals surface area contributed by atoms with E-state index in [0.29, 0.717) is 18.7 Å². The van der Waals surface area contributed by atoms with Gasteiger partial charge in [0.15, 0.2) is 0 Å². The SMILES string of the molecule is Cc1nc(C(=O)NCCc2nncn2C)ccc1C(=O)O. The molecule has 0 saturated heterocycles. The lowest BCUT2D eigenvalue weighted by molar-refractivity contribution is 0.0694. The molecule has 0 fully saturated rings. The fourth-order valence-corrected chi connectivity index (χ4v) is 1.83. The van der Waals surface area contributed by atoms with Crippen molar-refractivity contribution in [1.82, 2.24) is 25.1 Å². The number of pyridine rings is 1. The number of carbonyl (C=O) groups excluding carboxylic acids is 1. The molecule has 21 heavy (non-hydrogen) atoms. The second kappa shape index (κ2) is 6.12. The molecule has 0 aliphatic heterocycles. The maximum Gasteiger partial charge on any atom is 0.337 e. The van der Waals surface area contributed by atoms with Crippen molar-refractivity contribution in [1.29, 1.82) is 0 Å². The van der Waals surface area contributed by atoms with Gasteiger partial charge in [-0.2, -0.15) is 0 Å². The van der Waals surface area contributed by atoms with Gasteiger partial charge in [0.2, 0.25) is 0 Å². The average molecular weight is 289 g/mol. The predicted molar refractivity (Wildman–Crippen MR) is 73.0 cm³/mol. The smallest absolute Gasteiger partial charge is 0.337 e. The number of amides is 1. The van der Waals surface area contributed by atoms with Crippen LogP contribution in [0.15, 0.2) is 18.5 Å². The summed E-state index contributed by atoms with van der Waals surface area (Å²) in [7, 11) is 1.83. The third-order valence-corrected chi connectivity index (χ3v) is 2.99. The molecule has 0 radical (unpaired) electrons. The van der Waals surface area contributed by atoms with Crippen LogP contribution in [0.25, 0.3) is 0 Å². The molecule has 0 bridgehead atoms. The number of aromatic carboxylic acids is 1. The second-order valence-corrected chi connectivity index (χ2v) is 4.50. The van der Waals surface area contributed by atoms with Crippen LogP contribution in [0, 0.1) is 6.92 Å². The van der Waals surface area contributed by atoms with Gasteiger partial charge in [-0.25, -0.2) is 9.78 Å². The lowest BCUT2D eigenvalue weighted by Crippen LogP contribution is -2.27. The minimum atomic E-state index is -1.06. The van der Waals surface area contributed by atoms with Gasteiger partial charge in [0.05, 0.1) is 11.3 Å². The van der Waals surface area contributed by atoms with E-state index >= 15 is 0 Å². The highest BCUT2D eigenvalue weighted by Crippen LogP contribution is 2.07. The Morgan fingerprint density at radius 3 is 2.71 bits per heavy atom. The number of carbonyl (C=O) groups is 2. The number of nitrogens with zero attached hydrogens (tertiary/aromatic N) is 4. The Balaban J connectivity index is 1.96. The van der Waals surface area contributed by atoms with Gasteiger partial charge in [0.25, 0.3) is 5.91 Å². The van der Waals surface area contributed by atoms with Crippen LogP contribution in [-0.4, -0.2) is 43.3 Å². The molecular weight excluding hydrogens is 274 g/mol. The lowest BCUT2D eigenvalue weighted by Gasteiger charge is -2.06. The van der Waals surface area contributed by atoms with Gasteiger partial charge in [-0.05, 0) is 19.1 Å². The molecule has 2 rings (SSSR count). The fourth-order valence-electron chi connectivity index (χ4n) is 1.83. The van der Waals surface area contributed by atoms with Gasteiger partial charge < -0.3 is 15.0 Å². The van der Waals surface area contributed by atoms with Crippen molar-refractivity contribution in [3.8, 4) is 0 Å². The van der Waals surface area contributed by atoms with Crippen LogP contribution >= 0.6 is 0 Å². The van der Waals surface area contributed by atoms with Crippen molar-refractivity contribution in [3.05, 3.63) is 41.2 Å². The minimum Gasteiger partial charge on any atom is -0.478 e. The third kappa shape index (κ3) is 3.41. The number of hydrogen-bond acceptors (Lipinski definition) is 5. The number of carboxylic acid groups (broad SMARTS) is 1. The summed E-state index contributed by atoms with van der Waals surface area (Å²) in [6, 6.07) is 2.77. The maximum atomic E-state index is 11.9. The highest BCUT2D eigenvalue weighted by molar-refractivity contribution is 5.94. The maximum absolute atomic E-state index is 11.9. The molecule has 0 aliphatic carbocycles. The molecule has 0 saturated carbocycles. The first-order chi connectivity index (χ1) is 9.99. The molecule has 8 heteroatoms. The lowest BCUT2D eigenvalue weighted by atomic mass is 10.2. The Kier molecular flexibility index (Phi) is 4.27. The zero-order valence-electron chi connectivity index (χ0n) is 11.7. The van der Waals surface area contributed by atoms with Gasteiger partial charge in [-0.1, -0.05) is 0 Å². The fraction of sp³-hybridized carbons (Fsp3) is 0.308. The zero-order chi connectivity index (χ0) is 15.4. The number of aromatic nitrogens is 4. The van der Waals surface area contributed by atoms with E-state index in [9.17, 15) is 9.59 Å². The molecule has 2 N–H and O–H groups in total. The quantitative estimate of drug-likeness (QED) is 0.813. The van der Waals surface area contributed by atoms with Gasteiger partial charge in [0.1, 0.15) is 17.8 Å². The molecule has 0 spiro atoms. The highest BCUT2D eigenvalue weighted by Gasteiger charge is 2.13. The van der Waals surface area contributed by atoms with Gasteiger partial charge in [0, 0.05) is 20.0 Å². The number of nitrogens with one attached hydrogen (secondary N) is 1. The highest BCUT2D eigenvalue weighted by atomic mass is 16.4. The summed E-state index contributed by atoms with van der Waals surface area (Å²) < 4.78 is 1.77. The summed E-state index contributed by atoms with van der Waals surface area (Å²) in [5.41, 5.74) is 0.588. The Morgan fingerprint density at radius 1 is 1.38 bits per heavy atom. The Labute approximate surface area is 120 Å². The van der Waals surface area contributed by atoms with Crippen molar-refractivity contribution < 1.29 is 14.7 Å². The Hall–Kier alpha value is -2.77. The van der Waals surface area contributed by atoms with E-state index in [1.807, 2.05) is 7.05 Å². The minimum absolute atomic E-state index is 0.0886. The summed E-state index contributed by atoms with van der Waals surface area (Å²) in [5.74, 6) is -0.646. The Morgan fingerprint density at radius 2 is 2.14 bits per heavy atom. The van der Waals surface area contributed by atoms with Crippen LogP contribution in [0.2, 0.25) is 0 Å². The van der Waals surface area contributed by atoms with Crippen LogP contribution in [0.4, 0.5) is 0 Å². The van der Waals surface area contributed by atoms with Crippen LogP contribution in [0.1, 0.15) is 32.4 Å². The largest absolute Gasteiger partial charge is 0.478 e. The van der Waals surface area contributed by atoms with Crippen molar-refractivity contribution in [3.63, 3.8) is 0 Å². The van der Waals surface area contributed by atoms with E-state index in [0.717, 1.165) is 5.82 Å². The molecular formula is C13H15N5O3. The molecule has 2 aromatic rings. The average Bonchev–Trinajstić information content (AvgIpc) is 2.83. The van der Waals surface area contributed by atoms with Crippen molar-refractivity contribution in [2.24, 2.45) is 7.05 Å². The van der Waals surface area contributed by atoms with Crippen LogP contribution < -0.4 is 5.32 Å². The van der Waals surface area contributed by atoms with Crippen LogP contribution in [0.5, 0.6) is 0 Å². The van der Waals surface area contributed by atoms with E-state index in [1.54, 1.807) is 17.8 Å². The van der Waals surface area contributed by atoms with Crippen molar-refractivity contribution in [2.45, 2.75) is 13.3 Å². The standard InChI is InChI=1S/C13H15N5O3/c1-8-9(13(20)21)3-4-10(16-8)12(19)14-6-5-11-17-15-7-18(11)2/h3-4,7H,5-6H2,1-2H3,(H,14,19)(H,20,21). The first kappa shape index (κ1) is 14.6. The molecule has 8 nitrogen and oxygen atoms in total. The van der Waals surface area contributed by atoms with E-state index in [-0.39, 0.29) is 17.2 Å². The molecule has 1 amide bonds.